The number of benzene rings is 6. The lowest BCUT2D eigenvalue weighted by Gasteiger charge is -2.61. The van der Waals surface area contributed by atoms with Crippen LogP contribution >= 0.6 is 11.6 Å². The third-order valence-electron chi connectivity index (χ3n) is 24.8. The summed E-state index contributed by atoms with van der Waals surface area (Å²) in [6.45, 7) is 24.7. The van der Waals surface area contributed by atoms with Crippen LogP contribution in [0.3, 0.4) is 0 Å². The highest BCUT2D eigenvalue weighted by Crippen LogP contribution is 2.71. The molecule has 6 aromatic carbocycles. The molecule has 10 heteroatoms. The summed E-state index contributed by atoms with van der Waals surface area (Å²) in [5, 5.41) is 0.805. The zero-order valence-corrected chi connectivity index (χ0v) is 52.7. The molecule has 6 aromatic rings. The van der Waals surface area contributed by atoms with E-state index in [0.717, 1.165) is 57.8 Å². The van der Waals surface area contributed by atoms with E-state index in [1.807, 2.05) is 67.5 Å². The SMILES string of the molecule is CC1(C)OB(B2OC(C)(C)C(C)(C)O2)OC1(C)C.CC1(C)OB(c2ccc(-c3ccc4c(c3)C3(c5ccccc5-4)C4CC5CC(C4)CC3C5)cc2)OC1(C)C.Clc1ccc(-c2ccc3c(c2)C2(c4ccccc4-3)C3CC4CC(C3)CC2C4)cc1. The fraction of sp³-hybridized carbons (Fsp3) is 0.514. The Hall–Kier alpha value is -4.44. The predicted molar refractivity (Wildman–Crippen MR) is 343 cm³/mol. The van der Waals surface area contributed by atoms with E-state index in [-0.39, 0.29) is 51.6 Å². The number of hydrogen-bond donors (Lipinski definition) is 0. The van der Waals surface area contributed by atoms with Gasteiger partial charge in [0.1, 0.15) is 0 Å². The topological polar surface area (TPSA) is 55.4 Å². The summed E-state index contributed by atoms with van der Waals surface area (Å²) in [4.78, 5) is 0. The first-order valence-corrected chi connectivity index (χ1v) is 32.7. The number of rotatable bonds is 4. The minimum Gasteiger partial charge on any atom is -0.405 e. The van der Waals surface area contributed by atoms with Crippen LogP contribution in [-0.4, -0.2) is 54.7 Å². The van der Waals surface area contributed by atoms with Gasteiger partial charge in [0.15, 0.2) is 0 Å². The van der Waals surface area contributed by atoms with Crippen LogP contribution < -0.4 is 5.46 Å². The van der Waals surface area contributed by atoms with Crippen LogP contribution in [-0.2, 0) is 38.8 Å². The molecule has 3 heterocycles. The van der Waals surface area contributed by atoms with Crippen molar-refractivity contribution in [3.8, 4) is 44.5 Å². The van der Waals surface area contributed by atoms with Gasteiger partial charge in [-0.25, -0.2) is 0 Å². The van der Waals surface area contributed by atoms with Crippen molar-refractivity contribution in [3.05, 3.63) is 161 Å². The van der Waals surface area contributed by atoms with Crippen molar-refractivity contribution in [2.75, 3.05) is 0 Å². The lowest BCUT2D eigenvalue weighted by Crippen LogP contribution is -2.55. The minimum absolute atomic E-state index is 0.220. The molecule has 6 nitrogen and oxygen atoms in total. The highest BCUT2D eigenvalue weighted by molar-refractivity contribution is 7.11. The molecule has 0 N–H and O–H groups in total. The predicted octanol–water partition coefficient (Wildman–Crippen LogP) is 17.4. The molecule has 11 fully saturated rings. The van der Waals surface area contributed by atoms with E-state index in [4.69, 9.17) is 39.5 Å². The van der Waals surface area contributed by atoms with Crippen LogP contribution in [0.25, 0.3) is 44.5 Å². The van der Waals surface area contributed by atoms with Gasteiger partial charge in [0, 0.05) is 15.9 Å². The first-order valence-electron chi connectivity index (χ1n) is 32.3. The second-order valence-corrected chi connectivity index (χ2v) is 31.4. The Bertz CT molecular complexity index is 3430. The molecule has 3 saturated heterocycles. The molecule has 0 radical (unpaired) electrons. The molecule has 84 heavy (non-hydrogen) atoms. The summed E-state index contributed by atoms with van der Waals surface area (Å²) in [7, 11) is -1.27. The number of hydrogen-bond acceptors (Lipinski definition) is 6. The van der Waals surface area contributed by atoms with Gasteiger partial charge >= 0.3 is 21.1 Å². The molecule has 8 saturated carbocycles. The normalized spacial score (nSPS) is 33.1. The first kappa shape index (κ1) is 56.1. The smallest absolute Gasteiger partial charge is 0.405 e. The van der Waals surface area contributed by atoms with Crippen molar-refractivity contribution < 1.29 is 27.9 Å². The summed E-state index contributed by atoms with van der Waals surface area (Å²) < 4.78 is 36.4. The standard InChI is InChI=1S/C34H37BO2.C28H25Cl.C12H24B2O4/c1-32(2)33(3,4)37-35(36-32)27-12-9-23(10-13-27)24-11-14-29-28-7-5-6-8-30(28)34(31(29)20-24)25-16-21-15-22(18-25)19-26(34)17-21;29-23-8-5-19(6-9-23)20-7-10-25-24-3-1-2-4-26(24)28(27(25)16-20)21-12-17-11-18(14-21)15-22(28)13-17;1-9(2)10(3,4)16-13(15-9)14-17-11(5,6)12(7,8)18-14/h5-14,20-22,25-26H,15-19H2,1-4H3;1-10,16-18,21-22H,11-15H2;1-8H3. The van der Waals surface area contributed by atoms with Gasteiger partial charge in [-0.05, 0) is 291 Å². The Morgan fingerprint density at radius 2 is 0.619 bits per heavy atom. The van der Waals surface area contributed by atoms with E-state index in [9.17, 15) is 0 Å². The van der Waals surface area contributed by atoms with Crippen molar-refractivity contribution >= 4 is 38.2 Å². The van der Waals surface area contributed by atoms with E-state index in [2.05, 4.69) is 149 Å². The Morgan fingerprint density at radius 1 is 0.321 bits per heavy atom. The quantitative estimate of drug-likeness (QED) is 0.164. The van der Waals surface area contributed by atoms with E-state index >= 15 is 0 Å². The number of halogens is 1. The summed E-state index contributed by atoms with van der Waals surface area (Å²) in [6, 6.07) is 50.5. The van der Waals surface area contributed by atoms with E-state index in [0.29, 0.717) is 0 Å². The van der Waals surface area contributed by atoms with Crippen molar-refractivity contribution in [1.29, 1.82) is 0 Å². The van der Waals surface area contributed by atoms with Gasteiger partial charge in [-0.15, -0.1) is 0 Å². The third kappa shape index (κ3) is 8.41. The summed E-state index contributed by atoms with van der Waals surface area (Å²) in [5.74, 6) is 7.14. The van der Waals surface area contributed by atoms with E-state index in [1.165, 1.54) is 109 Å². The molecule has 2 spiro atoms. The van der Waals surface area contributed by atoms with Crippen LogP contribution in [0.4, 0.5) is 0 Å². The van der Waals surface area contributed by atoms with Gasteiger partial charge in [-0.2, -0.15) is 0 Å². The molecule has 10 aliphatic carbocycles. The Labute approximate surface area is 507 Å². The summed E-state index contributed by atoms with van der Waals surface area (Å²) >= 11 is 6.15. The molecule has 0 amide bonds. The van der Waals surface area contributed by atoms with Gasteiger partial charge in [0.05, 0.1) is 33.6 Å². The van der Waals surface area contributed by atoms with Gasteiger partial charge in [-0.3, -0.25) is 0 Å². The zero-order chi connectivity index (χ0) is 58.3. The maximum absolute atomic E-state index is 6.30. The van der Waals surface area contributed by atoms with Crippen molar-refractivity contribution in [2.45, 2.75) is 192 Å². The molecule has 0 aromatic heterocycles. The fourth-order valence-corrected chi connectivity index (χ4v) is 19.2. The molecule has 0 unspecified atom stereocenters. The van der Waals surface area contributed by atoms with Crippen LogP contribution in [0.15, 0.2) is 133 Å². The average molecular weight is 1140 g/mol. The van der Waals surface area contributed by atoms with Crippen LogP contribution in [0.2, 0.25) is 5.02 Å². The Balaban J connectivity index is 0.000000114. The second kappa shape index (κ2) is 19.3. The molecular weight excluding hydrogens is 1050 g/mol. The molecular formula is C74H86B3ClO6. The van der Waals surface area contributed by atoms with E-state index in [1.54, 1.807) is 22.3 Å². The molecule has 19 rings (SSSR count). The van der Waals surface area contributed by atoms with Crippen molar-refractivity contribution in [1.82, 2.24) is 0 Å². The first-order chi connectivity index (χ1) is 39.9. The zero-order valence-electron chi connectivity index (χ0n) is 52.0. The van der Waals surface area contributed by atoms with Crippen molar-refractivity contribution in [3.63, 3.8) is 0 Å². The third-order valence-corrected chi connectivity index (χ3v) is 25.1. The van der Waals surface area contributed by atoms with E-state index < -0.39 is 14.0 Å². The lowest BCUT2D eigenvalue weighted by molar-refractivity contribution is -0.0399. The molecule has 0 atom stereocenters. The van der Waals surface area contributed by atoms with Gasteiger partial charge in [0.2, 0.25) is 0 Å². The second-order valence-electron chi connectivity index (χ2n) is 30.9. The minimum atomic E-state index is -0.476. The highest BCUT2D eigenvalue weighted by Gasteiger charge is 2.66. The summed E-state index contributed by atoms with van der Waals surface area (Å²) in [5.41, 5.74) is 17.2. The molecule has 8 bridgehead atoms. The largest absolute Gasteiger partial charge is 0.494 e. The van der Waals surface area contributed by atoms with Crippen molar-refractivity contribution in [2.24, 2.45) is 47.3 Å². The van der Waals surface area contributed by atoms with Gasteiger partial charge in [-0.1, -0.05) is 121 Å². The Kier molecular flexibility index (Phi) is 12.9. The number of fused-ring (bicyclic) bond motifs is 6. The van der Waals surface area contributed by atoms with Crippen LogP contribution in [0.1, 0.15) is 170 Å². The summed E-state index contributed by atoms with van der Waals surface area (Å²) in [6.07, 6.45) is 14.4. The van der Waals surface area contributed by atoms with Gasteiger partial charge < -0.3 is 27.9 Å². The maximum Gasteiger partial charge on any atom is 0.494 e. The highest BCUT2D eigenvalue weighted by atomic mass is 35.5. The monoisotopic (exact) mass is 1140 g/mol. The molecule has 434 valence electrons. The maximum atomic E-state index is 6.30. The van der Waals surface area contributed by atoms with Gasteiger partial charge in [0.25, 0.3) is 0 Å². The Morgan fingerprint density at radius 3 is 0.976 bits per heavy atom. The molecule has 3 aliphatic heterocycles. The average Bonchev–Trinajstić information content (AvgIpc) is 1.50. The lowest BCUT2D eigenvalue weighted by atomic mass is 9.43. The van der Waals surface area contributed by atoms with Crippen LogP contribution in [0, 0.1) is 47.3 Å². The molecule has 13 aliphatic rings. The van der Waals surface area contributed by atoms with Crippen LogP contribution in [0.5, 0.6) is 0 Å². The fourth-order valence-electron chi connectivity index (χ4n) is 19.1.